The van der Waals surface area contributed by atoms with E-state index in [1.54, 1.807) is 18.7 Å². The number of hydrogen-bond donors (Lipinski definition) is 1. The summed E-state index contributed by atoms with van der Waals surface area (Å²) in [6.07, 6.45) is 4.29. The number of nitrogens with zero attached hydrogens (tertiary/aromatic N) is 1. The van der Waals surface area contributed by atoms with Gasteiger partial charge in [-0.1, -0.05) is 73.5 Å². The predicted molar refractivity (Wildman–Crippen MR) is 146 cm³/mol. The van der Waals surface area contributed by atoms with Crippen molar-refractivity contribution in [1.29, 1.82) is 0 Å². The molecule has 1 saturated carbocycles. The van der Waals surface area contributed by atoms with Crippen molar-refractivity contribution in [3.63, 3.8) is 0 Å². The van der Waals surface area contributed by atoms with E-state index < -0.39 is 24.5 Å². The molecule has 210 valence electrons. The van der Waals surface area contributed by atoms with Crippen molar-refractivity contribution in [3.05, 3.63) is 71.8 Å². The fourth-order valence-electron chi connectivity index (χ4n) is 5.75. The van der Waals surface area contributed by atoms with E-state index >= 15 is 0 Å². The molecule has 2 aromatic carbocycles. The number of rotatable bonds is 11. The number of nitrogens with one attached hydrogen (secondary N) is 1. The minimum Gasteiger partial charge on any atom is -0.465 e. The predicted octanol–water partition coefficient (Wildman–Crippen LogP) is 5.00. The van der Waals surface area contributed by atoms with E-state index in [1.165, 1.54) is 0 Å². The molecule has 0 bridgehead atoms. The third-order valence-electron chi connectivity index (χ3n) is 7.68. The summed E-state index contributed by atoms with van der Waals surface area (Å²) in [5, 5.41) is 3.23. The molecule has 39 heavy (non-hydrogen) atoms. The van der Waals surface area contributed by atoms with Gasteiger partial charge in [0.1, 0.15) is 12.6 Å². The monoisotopic (exact) mass is 536 g/mol. The number of carbonyl (C=O) groups is 3. The molecule has 1 aliphatic heterocycles. The van der Waals surface area contributed by atoms with Crippen LogP contribution in [0.3, 0.4) is 0 Å². The lowest BCUT2D eigenvalue weighted by Crippen LogP contribution is -2.55. The van der Waals surface area contributed by atoms with Crippen molar-refractivity contribution in [1.82, 2.24) is 10.2 Å². The van der Waals surface area contributed by atoms with Crippen LogP contribution in [-0.4, -0.2) is 53.9 Å². The molecule has 0 aromatic heterocycles. The molecule has 2 fully saturated rings. The van der Waals surface area contributed by atoms with Crippen LogP contribution in [0.5, 0.6) is 0 Å². The second-order valence-electron chi connectivity index (χ2n) is 10.4. The quantitative estimate of drug-likeness (QED) is 0.404. The normalized spacial score (nSPS) is 21.9. The second-order valence-corrected chi connectivity index (χ2v) is 10.4. The van der Waals surface area contributed by atoms with Gasteiger partial charge in [-0.05, 0) is 56.6 Å². The maximum atomic E-state index is 13.8. The van der Waals surface area contributed by atoms with Gasteiger partial charge < -0.3 is 19.1 Å². The lowest BCUT2D eigenvalue weighted by molar-refractivity contribution is -0.148. The highest BCUT2D eigenvalue weighted by Crippen LogP contribution is 2.40. The Morgan fingerprint density at radius 2 is 1.62 bits per heavy atom. The van der Waals surface area contributed by atoms with Gasteiger partial charge in [0.05, 0.1) is 12.6 Å². The van der Waals surface area contributed by atoms with Crippen molar-refractivity contribution in [2.24, 2.45) is 5.92 Å². The van der Waals surface area contributed by atoms with Crippen LogP contribution in [0.15, 0.2) is 60.7 Å². The summed E-state index contributed by atoms with van der Waals surface area (Å²) in [6.45, 7) is 3.90. The SMILES string of the molecule is CCOC(=O)C(CCc1ccccc1)N[C@@H](C)C(=O)N1C(OC(=O)OCc2ccccc2)CC2CCCCC21. The molecule has 4 unspecified atom stereocenters. The first-order chi connectivity index (χ1) is 19.0. The smallest absolute Gasteiger partial charge is 0.465 e. The molecule has 2 aromatic rings. The number of ether oxygens (including phenoxy) is 3. The zero-order chi connectivity index (χ0) is 27.6. The number of fused-ring (bicyclic) bond motifs is 1. The molecule has 4 rings (SSSR count). The van der Waals surface area contributed by atoms with Gasteiger partial charge in [-0.15, -0.1) is 0 Å². The zero-order valence-electron chi connectivity index (χ0n) is 22.9. The average molecular weight is 537 g/mol. The number of likely N-dealkylation sites (tertiary alicyclic amines) is 1. The Labute approximate surface area is 231 Å². The average Bonchev–Trinajstić information content (AvgIpc) is 3.32. The minimum atomic E-state index is -0.784. The second kappa shape index (κ2) is 14.1. The molecular formula is C31H40N2O6. The number of esters is 1. The Kier molecular flexibility index (Phi) is 10.4. The number of amides is 1. The molecule has 8 heteroatoms. The van der Waals surface area contributed by atoms with E-state index in [0.29, 0.717) is 19.3 Å². The van der Waals surface area contributed by atoms with E-state index in [0.717, 1.165) is 36.8 Å². The molecule has 0 radical (unpaired) electrons. The maximum absolute atomic E-state index is 13.8. The zero-order valence-corrected chi connectivity index (χ0v) is 22.9. The standard InChI is InChI=1S/C31H40N2O6/c1-3-37-30(35)26(19-18-23-12-6-4-7-13-23)32-22(2)29(34)33-27-17-11-10-16-25(27)20-28(33)39-31(36)38-21-24-14-8-5-9-15-24/h4-9,12-15,22,25-28,32H,3,10-11,16-21H2,1-2H3/t22-,25?,26?,27?,28?/m0/s1. The molecule has 1 aliphatic carbocycles. The van der Waals surface area contributed by atoms with Crippen molar-refractivity contribution in [2.45, 2.75) is 89.8 Å². The van der Waals surface area contributed by atoms with Crippen LogP contribution in [0.2, 0.25) is 0 Å². The van der Waals surface area contributed by atoms with Crippen molar-refractivity contribution >= 4 is 18.0 Å². The molecule has 5 atom stereocenters. The number of hydrogen-bond acceptors (Lipinski definition) is 7. The Morgan fingerprint density at radius 1 is 0.949 bits per heavy atom. The maximum Gasteiger partial charge on any atom is 0.510 e. The van der Waals surface area contributed by atoms with E-state index in [2.05, 4.69) is 5.32 Å². The number of carbonyl (C=O) groups excluding carboxylic acids is 3. The molecule has 1 amide bonds. The lowest BCUT2D eigenvalue weighted by Gasteiger charge is -2.35. The summed E-state index contributed by atoms with van der Waals surface area (Å²) in [7, 11) is 0. The third kappa shape index (κ3) is 7.82. The first kappa shape index (κ1) is 28.6. The van der Waals surface area contributed by atoms with Crippen LogP contribution < -0.4 is 5.32 Å². The topological polar surface area (TPSA) is 94.2 Å². The number of benzene rings is 2. The lowest BCUT2D eigenvalue weighted by atomic mass is 9.85. The Bertz CT molecular complexity index is 1080. The van der Waals surface area contributed by atoms with E-state index in [4.69, 9.17) is 14.2 Å². The van der Waals surface area contributed by atoms with Gasteiger partial charge in [0, 0.05) is 12.5 Å². The first-order valence-corrected chi connectivity index (χ1v) is 14.1. The molecule has 1 heterocycles. The summed E-state index contributed by atoms with van der Waals surface area (Å²) >= 11 is 0. The minimum absolute atomic E-state index is 0.00721. The molecule has 0 spiro atoms. The van der Waals surface area contributed by atoms with Gasteiger partial charge in [0.15, 0.2) is 6.23 Å². The van der Waals surface area contributed by atoms with Gasteiger partial charge in [-0.2, -0.15) is 0 Å². The summed E-state index contributed by atoms with van der Waals surface area (Å²) in [5.74, 6) is -0.276. The van der Waals surface area contributed by atoms with Crippen LogP contribution in [0.4, 0.5) is 4.79 Å². The third-order valence-corrected chi connectivity index (χ3v) is 7.68. The Hall–Kier alpha value is -3.39. The molecular weight excluding hydrogens is 496 g/mol. The molecule has 1 saturated heterocycles. The summed E-state index contributed by atoms with van der Waals surface area (Å²) in [6, 6.07) is 18.0. The van der Waals surface area contributed by atoms with Crippen LogP contribution in [0, 0.1) is 5.92 Å². The Morgan fingerprint density at radius 3 is 2.31 bits per heavy atom. The van der Waals surface area contributed by atoms with Gasteiger partial charge in [0.25, 0.3) is 0 Å². The Balaban J connectivity index is 1.42. The summed E-state index contributed by atoms with van der Waals surface area (Å²) in [4.78, 5) is 41.0. The van der Waals surface area contributed by atoms with Gasteiger partial charge in [0.2, 0.25) is 5.91 Å². The fraction of sp³-hybridized carbons (Fsp3) is 0.516. The van der Waals surface area contributed by atoms with Crippen molar-refractivity contribution in [2.75, 3.05) is 6.61 Å². The largest absolute Gasteiger partial charge is 0.510 e. The molecule has 1 N–H and O–H groups in total. The molecule has 2 aliphatic rings. The van der Waals surface area contributed by atoms with Gasteiger partial charge in [-0.3, -0.25) is 14.9 Å². The van der Waals surface area contributed by atoms with E-state index in [1.807, 2.05) is 60.7 Å². The molecule has 8 nitrogen and oxygen atoms in total. The van der Waals surface area contributed by atoms with E-state index in [9.17, 15) is 14.4 Å². The van der Waals surface area contributed by atoms with E-state index in [-0.39, 0.29) is 37.0 Å². The highest BCUT2D eigenvalue weighted by Gasteiger charge is 2.47. The summed E-state index contributed by atoms with van der Waals surface area (Å²) in [5.41, 5.74) is 1.97. The van der Waals surface area contributed by atoms with Crippen LogP contribution in [0.25, 0.3) is 0 Å². The van der Waals surface area contributed by atoms with Crippen LogP contribution in [-0.2, 0) is 36.8 Å². The summed E-state index contributed by atoms with van der Waals surface area (Å²) < 4.78 is 16.4. The fourth-order valence-corrected chi connectivity index (χ4v) is 5.75. The van der Waals surface area contributed by atoms with Crippen molar-refractivity contribution < 1.29 is 28.6 Å². The van der Waals surface area contributed by atoms with Gasteiger partial charge in [-0.25, -0.2) is 4.79 Å². The van der Waals surface area contributed by atoms with Crippen LogP contribution in [0.1, 0.15) is 63.5 Å². The van der Waals surface area contributed by atoms with Gasteiger partial charge >= 0.3 is 12.1 Å². The van der Waals surface area contributed by atoms with Crippen LogP contribution >= 0.6 is 0 Å². The van der Waals surface area contributed by atoms with Crippen molar-refractivity contribution in [3.8, 4) is 0 Å². The first-order valence-electron chi connectivity index (χ1n) is 14.1. The number of aryl methyl sites for hydroxylation is 1. The highest BCUT2D eigenvalue weighted by atomic mass is 16.7. The highest BCUT2D eigenvalue weighted by molar-refractivity contribution is 5.84.